The summed E-state index contributed by atoms with van der Waals surface area (Å²) in [6, 6.07) is 0.754. The van der Waals surface area contributed by atoms with Crippen molar-refractivity contribution in [2.24, 2.45) is 0 Å². The Labute approximate surface area is 101 Å². The minimum atomic E-state index is -2.93. The lowest BCUT2D eigenvalue weighted by Crippen LogP contribution is -2.11. The van der Waals surface area contributed by atoms with Crippen molar-refractivity contribution < 1.29 is 22.7 Å². The van der Waals surface area contributed by atoms with Gasteiger partial charge in [-0.05, 0) is 18.6 Å². The molecule has 7 heteroatoms. The molecule has 0 bridgehead atoms. The molecule has 17 heavy (non-hydrogen) atoms. The smallest absolute Gasteiger partial charge is 0.310 e. The summed E-state index contributed by atoms with van der Waals surface area (Å²) < 4.78 is 42.8. The van der Waals surface area contributed by atoms with E-state index in [0.29, 0.717) is 0 Å². The summed E-state index contributed by atoms with van der Waals surface area (Å²) >= 11 is 5.41. The molecule has 1 aromatic rings. The number of aromatic nitrogens is 1. The second-order valence-electron chi connectivity index (χ2n) is 3.09. The number of pyridine rings is 1. The maximum Gasteiger partial charge on any atom is 0.310 e. The molecule has 0 saturated carbocycles. The van der Waals surface area contributed by atoms with Crippen molar-refractivity contribution >= 4 is 17.6 Å². The number of esters is 1. The van der Waals surface area contributed by atoms with Crippen LogP contribution in [0.2, 0.25) is 5.15 Å². The Bertz CT molecular complexity index is 426. The highest BCUT2D eigenvalue weighted by molar-refractivity contribution is 6.30. The van der Waals surface area contributed by atoms with Crippen LogP contribution in [-0.4, -0.2) is 17.6 Å². The summed E-state index contributed by atoms with van der Waals surface area (Å²) in [6.07, 6.45) is -3.40. The molecule has 1 rings (SSSR count). The van der Waals surface area contributed by atoms with E-state index in [2.05, 4.69) is 9.72 Å². The highest BCUT2D eigenvalue weighted by Gasteiger charge is 2.21. The number of hydrogen-bond acceptors (Lipinski definition) is 3. The van der Waals surface area contributed by atoms with Gasteiger partial charge >= 0.3 is 5.97 Å². The first-order valence-corrected chi connectivity index (χ1v) is 5.12. The SMILES string of the molecule is CCOC(=O)Cc1cc(F)nc(Cl)c1C(F)F. The normalized spacial score (nSPS) is 10.7. The second kappa shape index (κ2) is 5.86. The summed E-state index contributed by atoms with van der Waals surface area (Å²) in [7, 11) is 0. The fraction of sp³-hybridized carbons (Fsp3) is 0.400. The van der Waals surface area contributed by atoms with E-state index >= 15 is 0 Å². The quantitative estimate of drug-likeness (QED) is 0.622. The molecule has 94 valence electrons. The first-order valence-electron chi connectivity index (χ1n) is 4.74. The van der Waals surface area contributed by atoms with Crippen LogP contribution in [0.5, 0.6) is 0 Å². The summed E-state index contributed by atoms with van der Waals surface area (Å²) in [5.74, 6) is -1.74. The van der Waals surface area contributed by atoms with Gasteiger partial charge in [-0.2, -0.15) is 4.39 Å². The van der Waals surface area contributed by atoms with Gasteiger partial charge in [0.2, 0.25) is 5.95 Å². The van der Waals surface area contributed by atoms with E-state index in [9.17, 15) is 18.0 Å². The lowest BCUT2D eigenvalue weighted by Gasteiger charge is -2.09. The van der Waals surface area contributed by atoms with Crippen molar-refractivity contribution in [3.8, 4) is 0 Å². The van der Waals surface area contributed by atoms with Crippen LogP contribution in [-0.2, 0) is 16.0 Å². The lowest BCUT2D eigenvalue weighted by molar-refractivity contribution is -0.142. The summed E-state index contributed by atoms with van der Waals surface area (Å²) in [6.45, 7) is 1.69. The predicted molar refractivity (Wildman–Crippen MR) is 54.5 cm³/mol. The van der Waals surface area contributed by atoms with Crippen LogP contribution >= 0.6 is 11.6 Å². The molecular formula is C10H9ClF3NO2. The zero-order valence-corrected chi connectivity index (χ0v) is 9.60. The largest absolute Gasteiger partial charge is 0.466 e. The predicted octanol–water partition coefficient (Wildman–Crippen LogP) is 2.92. The third kappa shape index (κ3) is 3.59. The first-order chi connectivity index (χ1) is 7.95. The van der Waals surface area contributed by atoms with Crippen molar-refractivity contribution in [3.63, 3.8) is 0 Å². The maximum absolute atomic E-state index is 12.9. The van der Waals surface area contributed by atoms with Crippen LogP contribution in [0.25, 0.3) is 0 Å². The first kappa shape index (κ1) is 13.8. The number of hydrogen-bond donors (Lipinski definition) is 0. The lowest BCUT2D eigenvalue weighted by atomic mass is 10.1. The van der Waals surface area contributed by atoms with Gasteiger partial charge in [-0.3, -0.25) is 4.79 Å². The molecule has 0 fully saturated rings. The third-order valence-corrected chi connectivity index (χ3v) is 2.21. The molecule has 0 amide bonds. The van der Waals surface area contributed by atoms with Gasteiger partial charge in [-0.1, -0.05) is 11.6 Å². The van der Waals surface area contributed by atoms with E-state index in [1.807, 2.05) is 0 Å². The molecule has 0 saturated heterocycles. The van der Waals surface area contributed by atoms with E-state index in [4.69, 9.17) is 11.6 Å². The number of halogens is 4. The maximum atomic E-state index is 12.9. The molecule has 3 nitrogen and oxygen atoms in total. The third-order valence-electron chi connectivity index (χ3n) is 1.92. The standard InChI is InChI=1S/C10H9ClF3NO2/c1-2-17-7(16)4-5-3-6(12)15-9(11)8(5)10(13)14/h3,10H,2,4H2,1H3. The fourth-order valence-corrected chi connectivity index (χ4v) is 1.57. The molecule has 0 spiro atoms. The zero-order chi connectivity index (χ0) is 13.0. The molecule has 0 aromatic carbocycles. The van der Waals surface area contributed by atoms with Crippen LogP contribution in [0, 0.1) is 5.95 Å². The molecule has 0 radical (unpaired) electrons. The topological polar surface area (TPSA) is 39.2 Å². The number of alkyl halides is 2. The molecule has 1 heterocycles. The second-order valence-corrected chi connectivity index (χ2v) is 3.45. The van der Waals surface area contributed by atoms with E-state index in [1.54, 1.807) is 6.92 Å². The van der Waals surface area contributed by atoms with Gasteiger partial charge in [-0.15, -0.1) is 0 Å². The monoisotopic (exact) mass is 267 g/mol. The van der Waals surface area contributed by atoms with Crippen molar-refractivity contribution in [1.29, 1.82) is 0 Å². The number of nitrogens with zero attached hydrogens (tertiary/aromatic N) is 1. The van der Waals surface area contributed by atoms with E-state index in [1.165, 1.54) is 0 Å². The summed E-state index contributed by atoms with van der Waals surface area (Å²) in [4.78, 5) is 14.2. The minimum Gasteiger partial charge on any atom is -0.466 e. The molecule has 0 N–H and O–H groups in total. The van der Waals surface area contributed by atoms with E-state index < -0.39 is 35.5 Å². The Kier molecular flexibility index (Phi) is 4.74. The molecule has 0 aliphatic heterocycles. The van der Waals surface area contributed by atoms with Crippen molar-refractivity contribution in [2.75, 3.05) is 6.61 Å². The van der Waals surface area contributed by atoms with Crippen LogP contribution < -0.4 is 0 Å². The Morgan fingerprint density at radius 1 is 1.59 bits per heavy atom. The van der Waals surface area contributed by atoms with E-state index in [0.717, 1.165) is 6.07 Å². The number of ether oxygens (including phenoxy) is 1. The van der Waals surface area contributed by atoms with Crippen LogP contribution in [0.15, 0.2) is 6.07 Å². The van der Waals surface area contributed by atoms with Gasteiger partial charge < -0.3 is 4.74 Å². The van der Waals surface area contributed by atoms with Gasteiger partial charge in [0.1, 0.15) is 5.15 Å². The Hall–Kier alpha value is -1.30. The van der Waals surface area contributed by atoms with Crippen molar-refractivity contribution in [3.05, 3.63) is 28.3 Å². The molecule has 0 aliphatic carbocycles. The highest BCUT2D eigenvalue weighted by Crippen LogP contribution is 2.29. The molecule has 0 unspecified atom stereocenters. The average Bonchev–Trinajstić information content (AvgIpc) is 2.15. The Morgan fingerprint density at radius 3 is 2.76 bits per heavy atom. The van der Waals surface area contributed by atoms with Gasteiger partial charge in [-0.25, -0.2) is 13.8 Å². The van der Waals surface area contributed by atoms with Gasteiger partial charge in [0.05, 0.1) is 18.6 Å². The van der Waals surface area contributed by atoms with Crippen molar-refractivity contribution in [2.45, 2.75) is 19.8 Å². The highest BCUT2D eigenvalue weighted by atomic mass is 35.5. The number of carbonyl (C=O) groups is 1. The van der Waals surface area contributed by atoms with Gasteiger partial charge in [0.15, 0.2) is 0 Å². The molecular weight excluding hydrogens is 259 g/mol. The van der Waals surface area contributed by atoms with Gasteiger partial charge in [0.25, 0.3) is 6.43 Å². The zero-order valence-electron chi connectivity index (χ0n) is 8.84. The summed E-state index contributed by atoms with van der Waals surface area (Å²) in [5, 5.41) is -0.640. The van der Waals surface area contributed by atoms with Crippen LogP contribution in [0.4, 0.5) is 13.2 Å². The van der Waals surface area contributed by atoms with Crippen LogP contribution in [0.1, 0.15) is 24.5 Å². The summed E-state index contributed by atoms with van der Waals surface area (Å²) in [5.41, 5.74) is -0.850. The Morgan fingerprint density at radius 2 is 2.24 bits per heavy atom. The molecule has 1 aromatic heterocycles. The number of rotatable bonds is 4. The fourth-order valence-electron chi connectivity index (χ4n) is 1.28. The average molecular weight is 268 g/mol. The Balaban J connectivity index is 3.08. The van der Waals surface area contributed by atoms with Gasteiger partial charge in [0, 0.05) is 0 Å². The van der Waals surface area contributed by atoms with Crippen LogP contribution in [0.3, 0.4) is 0 Å². The molecule has 0 aliphatic rings. The van der Waals surface area contributed by atoms with E-state index in [-0.39, 0.29) is 12.2 Å². The molecule has 0 atom stereocenters. The minimum absolute atomic E-state index is 0.115. The number of carbonyl (C=O) groups excluding carboxylic acids is 1. The van der Waals surface area contributed by atoms with Crippen molar-refractivity contribution in [1.82, 2.24) is 4.98 Å².